The quantitative estimate of drug-likeness (QED) is 0.824. The third kappa shape index (κ3) is 4.75. The van der Waals surface area contributed by atoms with Crippen molar-refractivity contribution in [3.63, 3.8) is 0 Å². The zero-order valence-corrected chi connectivity index (χ0v) is 18.4. The lowest BCUT2D eigenvalue weighted by Gasteiger charge is -2.33. The average Bonchev–Trinajstić information content (AvgIpc) is 3.18. The van der Waals surface area contributed by atoms with Crippen molar-refractivity contribution in [3.8, 4) is 0 Å². The number of likely N-dealkylation sites (tertiary alicyclic amines) is 1. The van der Waals surface area contributed by atoms with E-state index in [2.05, 4.69) is 47.0 Å². The van der Waals surface area contributed by atoms with Crippen molar-refractivity contribution in [2.24, 2.45) is 0 Å². The van der Waals surface area contributed by atoms with E-state index in [1.165, 1.54) is 5.56 Å². The Balaban J connectivity index is 1.41. The van der Waals surface area contributed by atoms with Gasteiger partial charge in [0.25, 0.3) is 5.56 Å². The summed E-state index contributed by atoms with van der Waals surface area (Å²) in [7, 11) is 0. The molecule has 0 amide bonds. The van der Waals surface area contributed by atoms with Crippen molar-refractivity contribution in [3.05, 3.63) is 40.6 Å². The number of hydrogen-bond acceptors (Lipinski definition) is 6. The highest BCUT2D eigenvalue weighted by molar-refractivity contribution is 5.43. The minimum Gasteiger partial charge on any atom is -0.393 e. The van der Waals surface area contributed by atoms with Gasteiger partial charge in [0, 0.05) is 44.0 Å². The molecular formula is C22H34N6O2. The molecular weight excluding hydrogens is 380 g/mol. The molecule has 0 unspecified atom stereocenters. The summed E-state index contributed by atoms with van der Waals surface area (Å²) in [4.78, 5) is 17.4. The Labute approximate surface area is 178 Å². The summed E-state index contributed by atoms with van der Waals surface area (Å²) in [6, 6.07) is 1.80. The lowest BCUT2D eigenvalue weighted by Crippen LogP contribution is -2.41. The number of aromatic nitrogens is 4. The van der Waals surface area contributed by atoms with E-state index in [0.717, 1.165) is 64.1 Å². The Morgan fingerprint density at radius 3 is 2.53 bits per heavy atom. The summed E-state index contributed by atoms with van der Waals surface area (Å²) < 4.78 is 3.67. The van der Waals surface area contributed by atoms with Gasteiger partial charge in [-0.1, -0.05) is 0 Å². The van der Waals surface area contributed by atoms with Crippen LogP contribution in [0.25, 0.3) is 0 Å². The molecule has 0 aromatic carbocycles. The molecule has 164 valence electrons. The van der Waals surface area contributed by atoms with Crippen LogP contribution in [0.4, 0.5) is 5.69 Å². The van der Waals surface area contributed by atoms with E-state index < -0.39 is 0 Å². The molecule has 8 heteroatoms. The highest BCUT2D eigenvalue weighted by Crippen LogP contribution is 2.23. The predicted molar refractivity (Wildman–Crippen MR) is 117 cm³/mol. The van der Waals surface area contributed by atoms with E-state index in [-0.39, 0.29) is 23.2 Å². The Kier molecular flexibility index (Phi) is 5.97. The SMILES string of the molecule is CC(C)(C)n1cc(CN2CCC[C@@H](n3ncc(N4CCC(O)CC4)cc3=O)C2)cn1. The standard InChI is InChI=1S/C22H34N6O2/c1-22(2,3)27-15-17(12-23-27)14-25-8-4-5-18(16-25)28-21(30)11-19(13-24-28)26-9-6-20(29)7-10-26/h11-13,15,18,20,29H,4-10,14,16H2,1-3H3/t18-/m1/s1. The molecule has 2 aliphatic rings. The average molecular weight is 415 g/mol. The topological polar surface area (TPSA) is 79.4 Å². The molecule has 2 fully saturated rings. The van der Waals surface area contributed by atoms with Crippen LogP contribution in [0, 0.1) is 0 Å². The molecule has 2 aromatic heterocycles. The molecule has 1 N–H and O–H groups in total. The third-order valence-electron chi connectivity index (χ3n) is 6.20. The molecule has 0 aliphatic carbocycles. The lowest BCUT2D eigenvalue weighted by molar-refractivity contribution is 0.145. The van der Waals surface area contributed by atoms with Crippen molar-refractivity contribution in [1.29, 1.82) is 0 Å². The molecule has 0 saturated carbocycles. The van der Waals surface area contributed by atoms with Crippen molar-refractivity contribution in [2.75, 3.05) is 31.1 Å². The van der Waals surface area contributed by atoms with Gasteiger partial charge in [-0.2, -0.15) is 10.2 Å². The smallest absolute Gasteiger partial charge is 0.269 e. The lowest BCUT2D eigenvalue weighted by atomic mass is 10.1. The number of anilines is 1. The fourth-order valence-corrected chi connectivity index (χ4v) is 4.42. The highest BCUT2D eigenvalue weighted by Gasteiger charge is 2.25. The molecule has 30 heavy (non-hydrogen) atoms. The van der Waals surface area contributed by atoms with E-state index in [1.807, 2.05) is 17.1 Å². The molecule has 0 bridgehead atoms. The van der Waals surface area contributed by atoms with Crippen LogP contribution in [0.3, 0.4) is 0 Å². The van der Waals surface area contributed by atoms with Crippen LogP contribution in [-0.2, 0) is 12.1 Å². The third-order valence-corrected chi connectivity index (χ3v) is 6.20. The van der Waals surface area contributed by atoms with E-state index >= 15 is 0 Å². The van der Waals surface area contributed by atoms with Gasteiger partial charge in [-0.25, -0.2) is 4.68 Å². The molecule has 2 saturated heterocycles. The van der Waals surface area contributed by atoms with Crippen LogP contribution in [0.5, 0.6) is 0 Å². The van der Waals surface area contributed by atoms with Crippen LogP contribution in [-0.4, -0.2) is 61.9 Å². The largest absolute Gasteiger partial charge is 0.393 e. The maximum Gasteiger partial charge on any atom is 0.269 e. The first-order chi connectivity index (χ1) is 14.3. The predicted octanol–water partition coefficient (Wildman–Crippen LogP) is 1.99. The molecule has 2 aromatic rings. The summed E-state index contributed by atoms with van der Waals surface area (Å²) >= 11 is 0. The zero-order valence-electron chi connectivity index (χ0n) is 18.4. The van der Waals surface area contributed by atoms with Crippen molar-refractivity contribution in [1.82, 2.24) is 24.5 Å². The summed E-state index contributed by atoms with van der Waals surface area (Å²) in [6.07, 6.45) is 9.17. The Morgan fingerprint density at radius 1 is 1.10 bits per heavy atom. The van der Waals surface area contributed by atoms with E-state index in [0.29, 0.717) is 0 Å². The van der Waals surface area contributed by atoms with Gasteiger partial charge in [0.15, 0.2) is 0 Å². The fraction of sp³-hybridized carbons (Fsp3) is 0.682. The van der Waals surface area contributed by atoms with Gasteiger partial charge in [0.1, 0.15) is 0 Å². The summed E-state index contributed by atoms with van der Waals surface area (Å²) in [5.74, 6) is 0. The Bertz CT molecular complexity index is 907. The van der Waals surface area contributed by atoms with Crippen molar-refractivity contribution < 1.29 is 5.11 Å². The van der Waals surface area contributed by atoms with Gasteiger partial charge >= 0.3 is 0 Å². The van der Waals surface area contributed by atoms with Crippen LogP contribution < -0.4 is 10.5 Å². The molecule has 1 atom stereocenters. The number of hydrogen-bond donors (Lipinski definition) is 1. The number of aliphatic hydroxyl groups excluding tert-OH is 1. The molecule has 0 spiro atoms. The number of rotatable bonds is 4. The van der Waals surface area contributed by atoms with Gasteiger partial charge in [-0.05, 0) is 53.0 Å². The second-order valence-electron chi connectivity index (χ2n) is 9.71. The monoisotopic (exact) mass is 414 g/mol. The first-order valence-corrected chi connectivity index (χ1v) is 11.1. The number of aliphatic hydroxyl groups is 1. The van der Waals surface area contributed by atoms with E-state index in [4.69, 9.17) is 0 Å². The second-order valence-corrected chi connectivity index (χ2v) is 9.71. The molecule has 2 aliphatic heterocycles. The number of piperidine rings is 2. The van der Waals surface area contributed by atoms with Crippen LogP contribution >= 0.6 is 0 Å². The van der Waals surface area contributed by atoms with Gasteiger partial charge in [-0.3, -0.25) is 14.4 Å². The minimum absolute atomic E-state index is 0.0197. The zero-order chi connectivity index (χ0) is 21.3. The highest BCUT2D eigenvalue weighted by atomic mass is 16.3. The van der Waals surface area contributed by atoms with Gasteiger partial charge in [0.2, 0.25) is 0 Å². The van der Waals surface area contributed by atoms with Crippen molar-refractivity contribution >= 4 is 5.69 Å². The second kappa shape index (κ2) is 8.51. The first-order valence-electron chi connectivity index (χ1n) is 11.1. The van der Waals surface area contributed by atoms with E-state index in [9.17, 15) is 9.90 Å². The van der Waals surface area contributed by atoms with Gasteiger partial charge < -0.3 is 10.0 Å². The summed E-state index contributed by atoms with van der Waals surface area (Å²) in [5.41, 5.74) is 2.01. The van der Waals surface area contributed by atoms with Crippen LogP contribution in [0.15, 0.2) is 29.5 Å². The maximum atomic E-state index is 12.8. The fourth-order valence-electron chi connectivity index (χ4n) is 4.42. The van der Waals surface area contributed by atoms with Gasteiger partial charge in [0.05, 0.1) is 35.8 Å². The number of nitrogens with zero attached hydrogens (tertiary/aromatic N) is 6. The first kappa shape index (κ1) is 21.1. The minimum atomic E-state index is -0.224. The normalized spacial score (nSPS) is 21.9. The van der Waals surface area contributed by atoms with E-state index in [1.54, 1.807) is 10.7 Å². The molecule has 0 radical (unpaired) electrons. The molecule has 4 heterocycles. The maximum absolute atomic E-state index is 12.8. The Hall–Kier alpha value is -2.19. The van der Waals surface area contributed by atoms with Crippen LogP contribution in [0.2, 0.25) is 0 Å². The van der Waals surface area contributed by atoms with Crippen LogP contribution in [0.1, 0.15) is 58.1 Å². The van der Waals surface area contributed by atoms with Crippen molar-refractivity contribution in [2.45, 2.75) is 70.7 Å². The Morgan fingerprint density at radius 2 is 1.87 bits per heavy atom. The molecule has 8 nitrogen and oxygen atoms in total. The summed E-state index contributed by atoms with van der Waals surface area (Å²) in [6.45, 7) is 10.7. The molecule has 4 rings (SSSR count). The summed E-state index contributed by atoms with van der Waals surface area (Å²) in [5, 5.41) is 18.7. The van der Waals surface area contributed by atoms with Gasteiger partial charge in [-0.15, -0.1) is 0 Å².